The Morgan fingerprint density at radius 3 is 2.43 bits per heavy atom. The van der Waals surface area contributed by atoms with Crippen molar-refractivity contribution in [3.05, 3.63) is 64.7 Å². The van der Waals surface area contributed by atoms with E-state index in [4.69, 9.17) is 16.9 Å². The summed E-state index contributed by atoms with van der Waals surface area (Å²) in [6, 6.07) is 17.0. The largest absolute Gasteiger partial charge is 0.341 e. The first-order valence-corrected chi connectivity index (χ1v) is 8.56. The molecule has 2 aromatic rings. The number of rotatable bonds is 6. The number of nitriles is 1. The number of hydrogen-bond donors (Lipinski definition) is 0. The highest BCUT2D eigenvalue weighted by Crippen LogP contribution is 2.21. The molecule has 0 unspecified atom stereocenters. The van der Waals surface area contributed by atoms with Crippen LogP contribution < -0.4 is 0 Å². The van der Waals surface area contributed by atoms with Crippen molar-refractivity contribution in [3.63, 3.8) is 0 Å². The molecule has 0 aliphatic carbocycles. The van der Waals surface area contributed by atoms with Gasteiger partial charge in [0, 0.05) is 35.7 Å². The van der Waals surface area contributed by atoms with Crippen LogP contribution in [0.3, 0.4) is 0 Å². The predicted molar refractivity (Wildman–Crippen MR) is 94.4 cm³/mol. The van der Waals surface area contributed by atoms with Crippen molar-refractivity contribution in [3.8, 4) is 6.07 Å². The van der Waals surface area contributed by atoms with E-state index in [0.29, 0.717) is 23.6 Å². The smallest absolute Gasteiger partial charge is 0.223 e. The van der Waals surface area contributed by atoms with Crippen molar-refractivity contribution in [1.82, 2.24) is 4.90 Å². The molecule has 2 aromatic carbocycles. The summed E-state index contributed by atoms with van der Waals surface area (Å²) >= 11 is 7.49. The molecule has 0 atom stereocenters. The van der Waals surface area contributed by atoms with E-state index in [9.17, 15) is 4.79 Å². The Morgan fingerprint density at radius 2 is 1.83 bits per heavy atom. The van der Waals surface area contributed by atoms with Crippen LogP contribution in [0.25, 0.3) is 0 Å². The molecule has 0 aromatic heterocycles. The number of carbonyl (C=O) groups excluding carboxylic acids is 1. The van der Waals surface area contributed by atoms with Crippen LogP contribution >= 0.6 is 23.4 Å². The Labute approximate surface area is 145 Å². The van der Waals surface area contributed by atoms with Crippen molar-refractivity contribution in [2.75, 3.05) is 12.8 Å². The summed E-state index contributed by atoms with van der Waals surface area (Å²) in [5.41, 5.74) is 1.65. The van der Waals surface area contributed by atoms with Gasteiger partial charge in [-0.05, 0) is 42.0 Å². The molecule has 118 valence electrons. The third kappa shape index (κ3) is 5.63. The van der Waals surface area contributed by atoms with E-state index in [1.165, 1.54) is 0 Å². The van der Waals surface area contributed by atoms with Crippen molar-refractivity contribution < 1.29 is 4.79 Å². The van der Waals surface area contributed by atoms with Gasteiger partial charge in [0.1, 0.15) is 0 Å². The van der Waals surface area contributed by atoms with Crippen LogP contribution in [-0.2, 0) is 11.3 Å². The Balaban J connectivity index is 1.78. The molecule has 0 saturated heterocycles. The van der Waals surface area contributed by atoms with E-state index < -0.39 is 0 Å². The van der Waals surface area contributed by atoms with Crippen molar-refractivity contribution in [2.24, 2.45) is 0 Å². The van der Waals surface area contributed by atoms with Crippen LogP contribution in [0.15, 0.2) is 53.4 Å². The maximum Gasteiger partial charge on any atom is 0.223 e. The second-order valence-corrected chi connectivity index (χ2v) is 6.72. The maximum absolute atomic E-state index is 12.2. The lowest BCUT2D eigenvalue weighted by Crippen LogP contribution is -2.26. The van der Waals surface area contributed by atoms with Crippen LogP contribution in [0.5, 0.6) is 0 Å². The number of amides is 1. The average molecular weight is 345 g/mol. The molecular formula is C18H17ClN2OS. The zero-order valence-corrected chi connectivity index (χ0v) is 14.4. The van der Waals surface area contributed by atoms with Gasteiger partial charge in [-0.3, -0.25) is 4.79 Å². The third-order valence-corrected chi connectivity index (χ3v) is 4.59. The molecule has 0 radical (unpaired) electrons. The zero-order valence-electron chi connectivity index (χ0n) is 12.8. The van der Waals surface area contributed by atoms with E-state index in [-0.39, 0.29) is 5.91 Å². The minimum absolute atomic E-state index is 0.107. The fourth-order valence-electron chi connectivity index (χ4n) is 2.02. The fourth-order valence-corrected chi connectivity index (χ4v) is 2.99. The summed E-state index contributed by atoms with van der Waals surface area (Å²) in [5.74, 6) is 0.842. The van der Waals surface area contributed by atoms with Gasteiger partial charge in [-0.15, -0.1) is 11.8 Å². The molecule has 2 rings (SSSR count). The zero-order chi connectivity index (χ0) is 16.7. The van der Waals surface area contributed by atoms with Crippen molar-refractivity contribution in [2.45, 2.75) is 17.9 Å². The molecule has 23 heavy (non-hydrogen) atoms. The molecule has 0 saturated carbocycles. The summed E-state index contributed by atoms with van der Waals surface area (Å²) in [5, 5.41) is 9.50. The van der Waals surface area contributed by atoms with Gasteiger partial charge in [-0.25, -0.2) is 0 Å². The highest BCUT2D eigenvalue weighted by molar-refractivity contribution is 7.99. The summed E-state index contributed by atoms with van der Waals surface area (Å²) in [6.45, 7) is 0.552. The normalized spacial score (nSPS) is 10.1. The van der Waals surface area contributed by atoms with E-state index in [0.717, 1.165) is 16.2 Å². The highest BCUT2D eigenvalue weighted by atomic mass is 35.5. The number of halogens is 1. The summed E-state index contributed by atoms with van der Waals surface area (Å²) in [7, 11) is 1.80. The van der Waals surface area contributed by atoms with Gasteiger partial charge < -0.3 is 4.90 Å². The second kappa shape index (κ2) is 8.61. The summed E-state index contributed by atoms with van der Waals surface area (Å²) in [6.07, 6.45) is 0.486. The SMILES string of the molecule is CN(Cc1ccc(C#N)cc1)C(=O)CCSc1ccc(Cl)cc1. The predicted octanol–water partition coefficient (Wildman–Crippen LogP) is 4.35. The van der Waals surface area contributed by atoms with Gasteiger partial charge in [0.2, 0.25) is 5.91 Å². The number of nitrogens with zero attached hydrogens (tertiary/aromatic N) is 2. The van der Waals surface area contributed by atoms with Gasteiger partial charge in [0.15, 0.2) is 0 Å². The van der Waals surface area contributed by atoms with Gasteiger partial charge in [-0.2, -0.15) is 5.26 Å². The molecule has 0 bridgehead atoms. The van der Waals surface area contributed by atoms with Gasteiger partial charge in [-0.1, -0.05) is 23.7 Å². The first-order valence-electron chi connectivity index (χ1n) is 7.20. The lowest BCUT2D eigenvalue weighted by atomic mass is 10.1. The highest BCUT2D eigenvalue weighted by Gasteiger charge is 2.09. The molecule has 0 aliphatic rings. The Kier molecular flexibility index (Phi) is 6.52. The first kappa shape index (κ1) is 17.4. The van der Waals surface area contributed by atoms with Gasteiger partial charge in [0.05, 0.1) is 11.6 Å². The number of carbonyl (C=O) groups is 1. The second-order valence-electron chi connectivity index (χ2n) is 5.11. The maximum atomic E-state index is 12.2. The number of hydrogen-bond acceptors (Lipinski definition) is 3. The molecule has 5 heteroatoms. The molecule has 0 heterocycles. The van der Waals surface area contributed by atoms with Crippen LogP contribution in [0, 0.1) is 11.3 Å². The average Bonchev–Trinajstić information content (AvgIpc) is 2.57. The lowest BCUT2D eigenvalue weighted by Gasteiger charge is -2.17. The van der Waals surface area contributed by atoms with Crippen LogP contribution in [-0.4, -0.2) is 23.6 Å². The van der Waals surface area contributed by atoms with E-state index in [2.05, 4.69) is 6.07 Å². The lowest BCUT2D eigenvalue weighted by molar-refractivity contribution is -0.129. The molecule has 0 N–H and O–H groups in total. The topological polar surface area (TPSA) is 44.1 Å². The standard InChI is InChI=1S/C18H17ClN2OS/c1-21(13-15-4-2-14(12-20)3-5-15)18(22)10-11-23-17-8-6-16(19)7-9-17/h2-9H,10-11,13H2,1H3. The summed E-state index contributed by atoms with van der Waals surface area (Å²) in [4.78, 5) is 15.0. The van der Waals surface area contributed by atoms with Gasteiger partial charge in [0.25, 0.3) is 0 Å². The quantitative estimate of drug-likeness (QED) is 0.731. The van der Waals surface area contributed by atoms with Crippen LogP contribution in [0.2, 0.25) is 5.02 Å². The van der Waals surface area contributed by atoms with Crippen molar-refractivity contribution >= 4 is 29.3 Å². The van der Waals surface area contributed by atoms with Crippen LogP contribution in [0.1, 0.15) is 17.5 Å². The molecule has 0 fully saturated rings. The molecular weight excluding hydrogens is 328 g/mol. The minimum Gasteiger partial charge on any atom is -0.341 e. The number of benzene rings is 2. The first-order chi connectivity index (χ1) is 11.1. The Hall–Kier alpha value is -1.96. The Morgan fingerprint density at radius 1 is 1.17 bits per heavy atom. The molecule has 3 nitrogen and oxygen atoms in total. The molecule has 0 aliphatic heterocycles. The fraction of sp³-hybridized carbons (Fsp3) is 0.222. The monoisotopic (exact) mass is 344 g/mol. The van der Waals surface area contributed by atoms with Crippen molar-refractivity contribution in [1.29, 1.82) is 5.26 Å². The molecule has 1 amide bonds. The third-order valence-electron chi connectivity index (χ3n) is 3.33. The van der Waals surface area contributed by atoms with Crippen LogP contribution in [0.4, 0.5) is 0 Å². The van der Waals surface area contributed by atoms with Gasteiger partial charge >= 0.3 is 0 Å². The summed E-state index contributed by atoms with van der Waals surface area (Å²) < 4.78 is 0. The Bertz CT molecular complexity index is 692. The van der Waals surface area contributed by atoms with E-state index >= 15 is 0 Å². The molecule has 0 spiro atoms. The van der Waals surface area contributed by atoms with E-state index in [1.54, 1.807) is 35.8 Å². The number of thioether (sulfide) groups is 1. The minimum atomic E-state index is 0.107. The van der Waals surface area contributed by atoms with E-state index in [1.807, 2.05) is 36.4 Å².